The Bertz CT molecular complexity index is 480. The number of rotatable bonds is 4. The van der Waals surface area contributed by atoms with Gasteiger partial charge < -0.3 is 4.74 Å². The first-order valence-corrected chi connectivity index (χ1v) is 5.31. The molecule has 0 aliphatic heterocycles. The molecule has 18 heavy (non-hydrogen) atoms. The third-order valence-electron chi connectivity index (χ3n) is 2.46. The first-order valence-electron chi connectivity index (χ1n) is 5.31. The van der Waals surface area contributed by atoms with Gasteiger partial charge in [0.1, 0.15) is 5.71 Å². The number of hydrogen-bond donors (Lipinski definition) is 0. The molecule has 0 heterocycles. The van der Waals surface area contributed by atoms with Crippen LogP contribution in [0.1, 0.15) is 31.1 Å². The van der Waals surface area contributed by atoms with Gasteiger partial charge in [0.15, 0.2) is 10.6 Å². The van der Waals surface area contributed by atoms with Gasteiger partial charge in [-0.15, -0.1) is 0 Å². The molecule has 6 nitrogen and oxygen atoms in total. The first-order chi connectivity index (χ1) is 8.33. The Hall–Kier alpha value is -2.24. The summed E-state index contributed by atoms with van der Waals surface area (Å²) in [4.78, 5) is 22.1. The van der Waals surface area contributed by atoms with E-state index in [1.54, 1.807) is 44.2 Å². The highest BCUT2D eigenvalue weighted by molar-refractivity contribution is 5.95. The molecule has 0 aromatic heterocycles. The van der Waals surface area contributed by atoms with Crippen molar-refractivity contribution in [3.63, 3.8) is 0 Å². The summed E-state index contributed by atoms with van der Waals surface area (Å²) in [5, 5.41) is 12.6. The number of ether oxygens (including phenoxy) is 1. The molecule has 0 unspecified atom stereocenters. The number of hydrazone groups is 1. The Balaban J connectivity index is 2.84. The minimum absolute atomic E-state index is 0.122. The lowest BCUT2D eigenvalue weighted by molar-refractivity contribution is -0.485. The summed E-state index contributed by atoms with van der Waals surface area (Å²) in [6, 6.07) is 8.42. The zero-order valence-corrected chi connectivity index (χ0v) is 10.4. The van der Waals surface area contributed by atoms with E-state index in [2.05, 4.69) is 5.10 Å². The Kier molecular flexibility index (Phi) is 4.14. The molecular weight excluding hydrogens is 236 g/mol. The van der Waals surface area contributed by atoms with Crippen molar-refractivity contribution in [2.24, 2.45) is 5.10 Å². The van der Waals surface area contributed by atoms with Crippen LogP contribution in [-0.4, -0.2) is 22.3 Å². The van der Waals surface area contributed by atoms with Crippen molar-refractivity contribution in [3.8, 4) is 0 Å². The van der Waals surface area contributed by atoms with Crippen LogP contribution in [0.15, 0.2) is 35.4 Å². The highest BCUT2D eigenvalue weighted by Crippen LogP contribution is 2.15. The number of benzene rings is 1. The van der Waals surface area contributed by atoms with Crippen LogP contribution < -0.4 is 0 Å². The van der Waals surface area contributed by atoms with Gasteiger partial charge in [0, 0.05) is 0 Å². The second-order valence-electron chi connectivity index (χ2n) is 4.19. The van der Waals surface area contributed by atoms with Crippen LogP contribution >= 0.6 is 0 Å². The van der Waals surface area contributed by atoms with E-state index in [4.69, 9.17) is 4.74 Å². The van der Waals surface area contributed by atoms with Crippen molar-refractivity contribution < 1.29 is 14.6 Å². The van der Waals surface area contributed by atoms with Gasteiger partial charge in [-0.3, -0.25) is 0 Å². The van der Waals surface area contributed by atoms with E-state index in [0.717, 1.165) is 0 Å². The average molecular weight is 250 g/mol. The first kappa shape index (κ1) is 13.8. The third-order valence-corrected chi connectivity index (χ3v) is 2.46. The van der Waals surface area contributed by atoms with Gasteiger partial charge >= 0.3 is 5.97 Å². The molecule has 0 saturated carbocycles. The largest absolute Gasteiger partial charge is 0.450 e. The molecule has 96 valence electrons. The molecule has 0 bridgehead atoms. The van der Waals surface area contributed by atoms with E-state index in [1.807, 2.05) is 0 Å². The summed E-state index contributed by atoms with van der Waals surface area (Å²) < 4.78 is 5.21. The van der Waals surface area contributed by atoms with Crippen LogP contribution in [0.5, 0.6) is 0 Å². The highest BCUT2D eigenvalue weighted by atomic mass is 16.7. The molecule has 1 rings (SSSR count). The zero-order chi connectivity index (χ0) is 13.8. The highest BCUT2D eigenvalue weighted by Gasteiger charge is 2.29. The number of hydrogen-bond acceptors (Lipinski definition) is 4. The maximum absolute atomic E-state index is 11.8. The van der Waals surface area contributed by atoms with Crippen LogP contribution in [0.25, 0.3) is 0 Å². The molecule has 6 heteroatoms. The summed E-state index contributed by atoms with van der Waals surface area (Å²) in [5.41, 5.74) is -0.615. The van der Waals surface area contributed by atoms with Gasteiger partial charge in [-0.05, 0) is 32.9 Å². The van der Waals surface area contributed by atoms with Crippen molar-refractivity contribution in [1.29, 1.82) is 0 Å². The Labute approximate surface area is 104 Å². The summed E-state index contributed by atoms with van der Waals surface area (Å²) >= 11 is 0. The molecule has 0 aliphatic rings. The number of carbonyl (C=O) groups is 1. The topological polar surface area (TPSA) is 81.8 Å². The van der Waals surface area contributed by atoms with Crippen LogP contribution in [0.4, 0.5) is 0 Å². The van der Waals surface area contributed by atoms with Gasteiger partial charge in [-0.25, -0.2) is 14.9 Å². The van der Waals surface area contributed by atoms with Crippen molar-refractivity contribution in [3.05, 3.63) is 46.0 Å². The summed E-state index contributed by atoms with van der Waals surface area (Å²) in [5.74, 6) is -0.543. The van der Waals surface area contributed by atoms with Gasteiger partial charge in [-0.2, -0.15) is 0 Å². The van der Waals surface area contributed by atoms with Gasteiger partial charge in [0.25, 0.3) is 0 Å². The number of esters is 1. The molecule has 0 atom stereocenters. The standard InChI is InChI=1S/C12H14N2O4/c1-9(13-14(16)17)12(2,3)18-11(15)10-7-5-4-6-8-10/h4-8H,1-3H3/b13-9-. The quantitative estimate of drug-likeness (QED) is 0.355. The number of carbonyl (C=O) groups excluding carboxylic acids is 1. The molecule has 0 N–H and O–H groups in total. The monoisotopic (exact) mass is 250 g/mol. The molecule has 0 amide bonds. The van der Waals surface area contributed by atoms with Gasteiger partial charge in [0.05, 0.1) is 10.7 Å². The van der Waals surface area contributed by atoms with E-state index in [1.165, 1.54) is 6.92 Å². The molecule has 1 aromatic rings. The van der Waals surface area contributed by atoms with Crippen LogP contribution in [-0.2, 0) is 4.74 Å². The minimum Gasteiger partial charge on any atom is -0.450 e. The molecule has 0 spiro atoms. The normalized spacial score (nSPS) is 12.1. The van der Waals surface area contributed by atoms with E-state index < -0.39 is 16.6 Å². The van der Waals surface area contributed by atoms with E-state index in [-0.39, 0.29) is 5.71 Å². The average Bonchev–Trinajstić information content (AvgIpc) is 2.28. The van der Waals surface area contributed by atoms with Gasteiger partial charge in [0.2, 0.25) is 0 Å². The van der Waals surface area contributed by atoms with Crippen molar-refractivity contribution in [2.75, 3.05) is 0 Å². The van der Waals surface area contributed by atoms with Crippen molar-refractivity contribution in [2.45, 2.75) is 26.4 Å². The summed E-state index contributed by atoms with van der Waals surface area (Å²) in [7, 11) is 0. The molecule has 0 aliphatic carbocycles. The number of nitrogens with zero attached hydrogens (tertiary/aromatic N) is 2. The van der Waals surface area contributed by atoms with Gasteiger partial charge in [-0.1, -0.05) is 18.2 Å². The fourth-order valence-corrected chi connectivity index (χ4v) is 1.18. The Morgan fingerprint density at radius 2 is 1.89 bits per heavy atom. The summed E-state index contributed by atoms with van der Waals surface area (Å²) in [6.45, 7) is 4.55. The Morgan fingerprint density at radius 1 is 1.33 bits per heavy atom. The Morgan fingerprint density at radius 3 is 2.39 bits per heavy atom. The minimum atomic E-state index is -1.13. The molecule has 0 fully saturated rings. The fourth-order valence-electron chi connectivity index (χ4n) is 1.18. The van der Waals surface area contributed by atoms with Crippen LogP contribution in [0.3, 0.4) is 0 Å². The lowest BCUT2D eigenvalue weighted by Crippen LogP contribution is -2.36. The third kappa shape index (κ3) is 3.65. The molecular formula is C12H14N2O4. The zero-order valence-electron chi connectivity index (χ0n) is 10.4. The second-order valence-corrected chi connectivity index (χ2v) is 4.19. The lowest BCUT2D eigenvalue weighted by atomic mass is 10.0. The SMILES string of the molecule is C/C(=N/[N+](=O)[O-])C(C)(C)OC(=O)c1ccccc1. The van der Waals surface area contributed by atoms with E-state index >= 15 is 0 Å². The molecule has 0 radical (unpaired) electrons. The maximum Gasteiger partial charge on any atom is 0.339 e. The predicted octanol–water partition coefficient (Wildman–Crippen LogP) is 2.27. The molecule has 1 aromatic carbocycles. The second kappa shape index (κ2) is 5.39. The van der Waals surface area contributed by atoms with Crippen molar-refractivity contribution in [1.82, 2.24) is 0 Å². The van der Waals surface area contributed by atoms with E-state index in [0.29, 0.717) is 5.56 Å². The van der Waals surface area contributed by atoms with Crippen LogP contribution in [0.2, 0.25) is 0 Å². The fraction of sp³-hybridized carbons (Fsp3) is 0.333. The van der Waals surface area contributed by atoms with E-state index in [9.17, 15) is 14.9 Å². The smallest absolute Gasteiger partial charge is 0.339 e. The maximum atomic E-state index is 11.8. The summed E-state index contributed by atoms with van der Waals surface area (Å²) in [6.07, 6.45) is 0. The van der Waals surface area contributed by atoms with Crippen molar-refractivity contribution >= 4 is 11.7 Å². The lowest BCUT2D eigenvalue weighted by Gasteiger charge is -2.23. The van der Waals surface area contributed by atoms with Crippen LogP contribution in [0, 0.1) is 10.1 Å². The molecule has 0 saturated heterocycles. The number of nitro groups is 1. The predicted molar refractivity (Wildman–Crippen MR) is 66.0 cm³/mol.